The van der Waals surface area contributed by atoms with Gasteiger partial charge in [0.2, 0.25) is 5.43 Å². The van der Waals surface area contributed by atoms with Crippen molar-refractivity contribution in [3.8, 4) is 0 Å². The van der Waals surface area contributed by atoms with Crippen LogP contribution in [0.25, 0.3) is 21.9 Å². The predicted octanol–water partition coefficient (Wildman–Crippen LogP) is 4.29. The molecule has 0 aliphatic rings. The first-order valence-corrected chi connectivity index (χ1v) is 6.74. The summed E-state index contributed by atoms with van der Waals surface area (Å²) in [5, 5.41) is 1.34. The molecule has 1 heterocycles. The molecule has 0 fully saturated rings. The second-order valence-corrected chi connectivity index (χ2v) is 4.82. The normalized spacial score (nSPS) is 11.2. The van der Waals surface area contributed by atoms with Crippen LogP contribution in [-0.2, 0) is 6.42 Å². The molecule has 0 atom stereocenters. The molecule has 0 spiro atoms. The van der Waals surface area contributed by atoms with E-state index in [1.165, 1.54) is 0 Å². The molecule has 0 aliphatic carbocycles. The Hall–Kier alpha value is -2.09. The van der Waals surface area contributed by atoms with E-state index in [1.807, 2.05) is 36.4 Å². The largest absolute Gasteiger partial charge is 0.456 e. The zero-order chi connectivity index (χ0) is 13.2. The molecular formula is C17H16O2. The van der Waals surface area contributed by atoms with E-state index in [-0.39, 0.29) is 5.43 Å². The highest BCUT2D eigenvalue weighted by atomic mass is 16.3. The molecule has 2 aromatic carbocycles. The van der Waals surface area contributed by atoms with Crippen LogP contribution in [0.1, 0.15) is 25.3 Å². The van der Waals surface area contributed by atoms with Crippen molar-refractivity contribution >= 4 is 21.9 Å². The van der Waals surface area contributed by atoms with Crippen LogP contribution in [-0.4, -0.2) is 0 Å². The van der Waals surface area contributed by atoms with Gasteiger partial charge in [0.25, 0.3) is 0 Å². The molecule has 2 heteroatoms. The van der Waals surface area contributed by atoms with Crippen molar-refractivity contribution in [3.63, 3.8) is 0 Å². The van der Waals surface area contributed by atoms with Gasteiger partial charge in [-0.15, -0.1) is 0 Å². The van der Waals surface area contributed by atoms with Gasteiger partial charge in [-0.05, 0) is 36.6 Å². The minimum atomic E-state index is 0.0650. The van der Waals surface area contributed by atoms with Crippen molar-refractivity contribution in [1.29, 1.82) is 0 Å². The zero-order valence-corrected chi connectivity index (χ0v) is 11.0. The number of benzene rings is 2. The maximum atomic E-state index is 12.5. The first-order valence-electron chi connectivity index (χ1n) is 6.74. The van der Waals surface area contributed by atoms with Crippen LogP contribution in [0, 0.1) is 0 Å². The van der Waals surface area contributed by atoms with Crippen molar-refractivity contribution in [2.75, 3.05) is 0 Å². The van der Waals surface area contributed by atoms with Gasteiger partial charge in [0.05, 0.1) is 10.8 Å². The Kier molecular flexibility index (Phi) is 3.08. The molecule has 3 aromatic rings. The van der Waals surface area contributed by atoms with E-state index >= 15 is 0 Å². The monoisotopic (exact) mass is 252 g/mol. The van der Waals surface area contributed by atoms with Crippen molar-refractivity contribution in [2.24, 2.45) is 0 Å². The Morgan fingerprint density at radius 2 is 1.79 bits per heavy atom. The summed E-state index contributed by atoms with van der Waals surface area (Å²) in [7, 11) is 0. The summed E-state index contributed by atoms with van der Waals surface area (Å²) in [6.07, 6.45) is 3.19. The van der Waals surface area contributed by atoms with Gasteiger partial charge in [-0.3, -0.25) is 4.79 Å². The fourth-order valence-corrected chi connectivity index (χ4v) is 2.45. The molecule has 19 heavy (non-hydrogen) atoms. The highest BCUT2D eigenvalue weighted by Gasteiger charge is 2.09. The van der Waals surface area contributed by atoms with E-state index in [4.69, 9.17) is 4.42 Å². The van der Waals surface area contributed by atoms with Crippen LogP contribution < -0.4 is 5.43 Å². The van der Waals surface area contributed by atoms with Gasteiger partial charge in [-0.1, -0.05) is 37.6 Å². The molecule has 0 radical (unpaired) electrons. The average molecular weight is 252 g/mol. The summed E-state index contributed by atoms with van der Waals surface area (Å²) in [5.41, 5.74) is 2.61. The molecule has 0 N–H and O–H groups in total. The van der Waals surface area contributed by atoms with Gasteiger partial charge in [-0.25, -0.2) is 0 Å². The van der Waals surface area contributed by atoms with Gasteiger partial charge in [0.1, 0.15) is 11.2 Å². The minimum Gasteiger partial charge on any atom is -0.456 e. The minimum absolute atomic E-state index is 0.0650. The topological polar surface area (TPSA) is 30.2 Å². The Morgan fingerprint density at radius 1 is 1.00 bits per heavy atom. The zero-order valence-electron chi connectivity index (χ0n) is 11.0. The molecule has 2 nitrogen and oxygen atoms in total. The summed E-state index contributed by atoms with van der Waals surface area (Å²) in [5.74, 6) is 0. The number of hydrogen-bond acceptors (Lipinski definition) is 2. The highest BCUT2D eigenvalue weighted by molar-refractivity contribution is 5.90. The maximum Gasteiger partial charge on any atom is 0.200 e. The van der Waals surface area contributed by atoms with E-state index in [2.05, 4.69) is 13.0 Å². The molecule has 0 amide bonds. The summed E-state index contributed by atoms with van der Waals surface area (Å²) in [4.78, 5) is 12.5. The third-order valence-corrected chi connectivity index (χ3v) is 3.48. The number of rotatable bonds is 3. The number of unbranched alkanes of at least 4 members (excludes halogenated alkanes) is 1. The summed E-state index contributed by atoms with van der Waals surface area (Å²) < 4.78 is 5.96. The highest BCUT2D eigenvalue weighted by Crippen LogP contribution is 2.22. The van der Waals surface area contributed by atoms with Crippen molar-refractivity contribution in [1.82, 2.24) is 0 Å². The van der Waals surface area contributed by atoms with Crippen LogP contribution in [0.2, 0.25) is 0 Å². The average Bonchev–Trinajstić information content (AvgIpc) is 2.46. The number of aryl methyl sites for hydroxylation is 1. The first kappa shape index (κ1) is 12.0. The predicted molar refractivity (Wildman–Crippen MR) is 78.6 cm³/mol. The number of fused-ring (bicyclic) bond motifs is 2. The second-order valence-electron chi connectivity index (χ2n) is 4.82. The molecule has 0 unspecified atom stereocenters. The van der Waals surface area contributed by atoms with Crippen molar-refractivity contribution in [3.05, 3.63) is 58.3 Å². The SMILES string of the molecule is CCCCc1cccc2c(=O)c3ccccc3oc12. The fraction of sp³-hybridized carbons (Fsp3) is 0.235. The van der Waals surface area contributed by atoms with Gasteiger partial charge in [0, 0.05) is 0 Å². The Labute approximate surface area is 111 Å². The van der Waals surface area contributed by atoms with E-state index in [1.54, 1.807) is 0 Å². The molecular weight excluding hydrogens is 236 g/mol. The third kappa shape index (κ3) is 2.03. The summed E-state index contributed by atoms with van der Waals surface area (Å²) in [6.45, 7) is 2.16. The van der Waals surface area contributed by atoms with Gasteiger partial charge in [0.15, 0.2) is 0 Å². The maximum absolute atomic E-state index is 12.5. The molecule has 3 rings (SSSR count). The van der Waals surface area contributed by atoms with E-state index in [9.17, 15) is 4.79 Å². The van der Waals surface area contributed by atoms with Crippen LogP contribution in [0.3, 0.4) is 0 Å². The summed E-state index contributed by atoms with van der Waals surface area (Å²) in [6, 6.07) is 13.3. The molecule has 96 valence electrons. The lowest BCUT2D eigenvalue weighted by Crippen LogP contribution is -2.03. The number of hydrogen-bond donors (Lipinski definition) is 0. The molecule has 1 aromatic heterocycles. The molecule has 0 aliphatic heterocycles. The standard InChI is InChI=1S/C17H16O2/c1-2-3-7-12-8-6-10-14-16(18)13-9-4-5-11-15(13)19-17(12)14/h4-6,8-11H,2-3,7H2,1H3. The lowest BCUT2D eigenvalue weighted by atomic mass is 10.0. The number of para-hydroxylation sites is 2. The van der Waals surface area contributed by atoms with E-state index in [0.29, 0.717) is 16.4 Å². The first-order chi connectivity index (χ1) is 9.31. The second kappa shape index (κ2) is 4.88. The lowest BCUT2D eigenvalue weighted by Gasteiger charge is -2.06. The Balaban J connectivity index is 2.34. The Bertz CT molecular complexity index is 784. The van der Waals surface area contributed by atoms with Crippen molar-refractivity contribution in [2.45, 2.75) is 26.2 Å². The van der Waals surface area contributed by atoms with Gasteiger partial charge >= 0.3 is 0 Å². The van der Waals surface area contributed by atoms with Crippen LogP contribution >= 0.6 is 0 Å². The van der Waals surface area contributed by atoms with E-state index in [0.717, 1.165) is 30.4 Å². The van der Waals surface area contributed by atoms with Gasteiger partial charge < -0.3 is 4.42 Å². The van der Waals surface area contributed by atoms with Crippen LogP contribution in [0.5, 0.6) is 0 Å². The Morgan fingerprint density at radius 3 is 2.63 bits per heavy atom. The molecule has 0 saturated carbocycles. The summed E-state index contributed by atoms with van der Waals surface area (Å²) >= 11 is 0. The fourth-order valence-electron chi connectivity index (χ4n) is 2.45. The third-order valence-electron chi connectivity index (χ3n) is 3.48. The van der Waals surface area contributed by atoms with Gasteiger partial charge in [-0.2, -0.15) is 0 Å². The lowest BCUT2D eigenvalue weighted by molar-refractivity contribution is 0.650. The molecule has 0 saturated heterocycles. The van der Waals surface area contributed by atoms with Crippen LogP contribution in [0.4, 0.5) is 0 Å². The van der Waals surface area contributed by atoms with E-state index < -0.39 is 0 Å². The quantitative estimate of drug-likeness (QED) is 0.651. The van der Waals surface area contributed by atoms with Crippen molar-refractivity contribution < 1.29 is 4.42 Å². The van der Waals surface area contributed by atoms with Crippen LogP contribution in [0.15, 0.2) is 51.7 Å². The molecule has 0 bridgehead atoms. The smallest absolute Gasteiger partial charge is 0.200 e.